The van der Waals surface area contributed by atoms with E-state index in [4.69, 9.17) is 23.2 Å². The molecule has 4 heteroatoms. The predicted octanol–water partition coefficient (Wildman–Crippen LogP) is 4.68. The van der Waals surface area contributed by atoms with Crippen LogP contribution < -0.4 is 4.90 Å². The molecule has 1 atom stereocenters. The summed E-state index contributed by atoms with van der Waals surface area (Å²) in [4.78, 5) is 2.09. The Hall–Kier alpha value is -1.22. The summed E-state index contributed by atoms with van der Waals surface area (Å²) >= 11 is 12.1. The Morgan fingerprint density at radius 2 is 1.80 bits per heavy atom. The van der Waals surface area contributed by atoms with Gasteiger partial charge in [0.2, 0.25) is 0 Å². The van der Waals surface area contributed by atoms with Gasteiger partial charge >= 0.3 is 0 Å². The number of hydrogen-bond donors (Lipinski definition) is 1. The van der Waals surface area contributed by atoms with E-state index >= 15 is 0 Å². The third-order valence-corrected chi connectivity index (χ3v) is 3.98. The summed E-state index contributed by atoms with van der Waals surface area (Å²) in [6.07, 6.45) is 0. The van der Waals surface area contributed by atoms with Crippen LogP contribution in [0.1, 0.15) is 24.1 Å². The van der Waals surface area contributed by atoms with Crippen LogP contribution in [0.15, 0.2) is 42.5 Å². The number of hydrogen-bond acceptors (Lipinski definition) is 2. The molecule has 2 aromatic rings. The molecule has 0 bridgehead atoms. The molecular weight excluding hydrogens is 293 g/mol. The molecule has 0 spiro atoms. The smallest absolute Gasteiger partial charge is 0.0702 e. The van der Waals surface area contributed by atoms with Crippen molar-refractivity contribution in [3.63, 3.8) is 0 Å². The monoisotopic (exact) mass is 309 g/mol. The highest BCUT2D eigenvalue weighted by Gasteiger charge is 2.15. The van der Waals surface area contributed by atoms with E-state index in [0.29, 0.717) is 5.02 Å². The van der Waals surface area contributed by atoms with Crippen LogP contribution in [0.3, 0.4) is 0 Å². The molecular formula is C16H17Cl2NO. The number of benzene rings is 2. The predicted molar refractivity (Wildman–Crippen MR) is 85.6 cm³/mol. The van der Waals surface area contributed by atoms with Crippen molar-refractivity contribution in [2.75, 3.05) is 11.9 Å². The molecule has 2 aromatic carbocycles. The Bertz CT molecular complexity index is 601. The third kappa shape index (κ3) is 3.26. The van der Waals surface area contributed by atoms with Gasteiger partial charge in [-0.2, -0.15) is 0 Å². The zero-order chi connectivity index (χ0) is 14.7. The first-order valence-corrected chi connectivity index (χ1v) is 7.16. The van der Waals surface area contributed by atoms with Crippen LogP contribution in [0.2, 0.25) is 10.0 Å². The van der Waals surface area contributed by atoms with Gasteiger partial charge in [0.15, 0.2) is 0 Å². The van der Waals surface area contributed by atoms with Gasteiger partial charge in [-0.25, -0.2) is 0 Å². The van der Waals surface area contributed by atoms with Crippen LogP contribution in [-0.2, 0) is 6.61 Å². The molecule has 20 heavy (non-hydrogen) atoms. The van der Waals surface area contributed by atoms with Gasteiger partial charge < -0.3 is 10.0 Å². The first-order valence-electron chi connectivity index (χ1n) is 6.40. The molecule has 0 fully saturated rings. The molecule has 0 heterocycles. The van der Waals surface area contributed by atoms with Gasteiger partial charge in [0, 0.05) is 28.3 Å². The first-order chi connectivity index (χ1) is 9.52. The van der Waals surface area contributed by atoms with Crippen molar-refractivity contribution in [2.45, 2.75) is 19.6 Å². The second-order valence-electron chi connectivity index (χ2n) is 4.77. The summed E-state index contributed by atoms with van der Waals surface area (Å²) in [6.45, 7) is 2.08. The standard InChI is InChI=1S/C16H17Cl2NO/c1-11(12-4-3-5-14(17)8-12)19(2)16-9-15(18)7-6-13(16)10-20/h3-9,11,20H,10H2,1-2H3. The van der Waals surface area contributed by atoms with E-state index in [0.717, 1.165) is 21.8 Å². The lowest BCUT2D eigenvalue weighted by atomic mass is 10.1. The maximum Gasteiger partial charge on any atom is 0.0702 e. The molecule has 0 saturated carbocycles. The molecule has 0 saturated heterocycles. The second-order valence-corrected chi connectivity index (χ2v) is 5.65. The third-order valence-electron chi connectivity index (χ3n) is 3.51. The number of aliphatic hydroxyl groups is 1. The van der Waals surface area contributed by atoms with Crippen LogP contribution >= 0.6 is 23.2 Å². The lowest BCUT2D eigenvalue weighted by molar-refractivity contribution is 0.282. The lowest BCUT2D eigenvalue weighted by Gasteiger charge is -2.29. The average Bonchev–Trinajstić information content (AvgIpc) is 2.45. The van der Waals surface area contributed by atoms with Gasteiger partial charge in [-0.15, -0.1) is 0 Å². The highest BCUT2D eigenvalue weighted by molar-refractivity contribution is 6.31. The van der Waals surface area contributed by atoms with E-state index in [1.54, 1.807) is 6.07 Å². The number of nitrogens with zero attached hydrogens (tertiary/aromatic N) is 1. The van der Waals surface area contributed by atoms with Crippen molar-refractivity contribution in [3.05, 3.63) is 63.6 Å². The summed E-state index contributed by atoms with van der Waals surface area (Å²) in [5.41, 5.74) is 2.89. The highest BCUT2D eigenvalue weighted by Crippen LogP contribution is 2.31. The Morgan fingerprint density at radius 3 is 2.45 bits per heavy atom. The minimum Gasteiger partial charge on any atom is -0.392 e. The lowest BCUT2D eigenvalue weighted by Crippen LogP contribution is -2.22. The fraction of sp³-hybridized carbons (Fsp3) is 0.250. The van der Waals surface area contributed by atoms with E-state index in [1.165, 1.54) is 0 Å². The van der Waals surface area contributed by atoms with E-state index < -0.39 is 0 Å². The zero-order valence-electron chi connectivity index (χ0n) is 11.5. The van der Waals surface area contributed by atoms with Gasteiger partial charge in [-0.1, -0.05) is 41.4 Å². The van der Waals surface area contributed by atoms with E-state index in [2.05, 4.69) is 11.8 Å². The van der Waals surface area contributed by atoms with Crippen LogP contribution in [0.4, 0.5) is 5.69 Å². The molecule has 2 nitrogen and oxygen atoms in total. The fourth-order valence-corrected chi connectivity index (χ4v) is 2.56. The average molecular weight is 310 g/mol. The number of anilines is 1. The number of halogens is 2. The molecule has 1 unspecified atom stereocenters. The highest BCUT2D eigenvalue weighted by atomic mass is 35.5. The van der Waals surface area contributed by atoms with Crippen LogP contribution in [0, 0.1) is 0 Å². The van der Waals surface area contributed by atoms with Crippen LogP contribution in [-0.4, -0.2) is 12.2 Å². The quantitative estimate of drug-likeness (QED) is 0.886. The van der Waals surface area contributed by atoms with Gasteiger partial charge in [-0.3, -0.25) is 0 Å². The van der Waals surface area contributed by atoms with Crippen molar-refractivity contribution in [1.29, 1.82) is 0 Å². The molecule has 106 valence electrons. The zero-order valence-corrected chi connectivity index (χ0v) is 13.0. The Balaban J connectivity index is 2.35. The molecule has 1 N–H and O–H groups in total. The normalized spacial score (nSPS) is 12.2. The summed E-state index contributed by atoms with van der Waals surface area (Å²) < 4.78 is 0. The fourth-order valence-electron chi connectivity index (χ4n) is 2.20. The molecule has 2 rings (SSSR count). The molecule has 0 amide bonds. The maximum atomic E-state index is 9.46. The molecule has 0 aliphatic carbocycles. The van der Waals surface area contributed by atoms with Gasteiger partial charge in [0.25, 0.3) is 0 Å². The van der Waals surface area contributed by atoms with E-state index in [-0.39, 0.29) is 12.6 Å². The van der Waals surface area contributed by atoms with Crippen LogP contribution in [0.5, 0.6) is 0 Å². The van der Waals surface area contributed by atoms with Crippen molar-refractivity contribution in [1.82, 2.24) is 0 Å². The molecule has 0 aliphatic rings. The van der Waals surface area contributed by atoms with E-state index in [1.807, 2.05) is 43.4 Å². The van der Waals surface area contributed by atoms with Crippen molar-refractivity contribution >= 4 is 28.9 Å². The molecule has 0 aromatic heterocycles. The Kier molecular flexibility index (Phi) is 4.92. The maximum absolute atomic E-state index is 9.46. The first kappa shape index (κ1) is 15.2. The summed E-state index contributed by atoms with van der Waals surface area (Å²) in [5, 5.41) is 10.8. The minimum absolute atomic E-state index is 0.0148. The Morgan fingerprint density at radius 1 is 1.10 bits per heavy atom. The van der Waals surface area contributed by atoms with Gasteiger partial charge in [0.1, 0.15) is 0 Å². The number of rotatable bonds is 4. The minimum atomic E-state index is -0.0148. The molecule has 0 radical (unpaired) electrons. The summed E-state index contributed by atoms with van der Waals surface area (Å²) in [7, 11) is 1.98. The second kappa shape index (κ2) is 6.49. The molecule has 0 aliphatic heterocycles. The Labute approximate surface area is 129 Å². The largest absolute Gasteiger partial charge is 0.392 e. The van der Waals surface area contributed by atoms with Gasteiger partial charge in [0.05, 0.1) is 12.6 Å². The number of aliphatic hydroxyl groups excluding tert-OH is 1. The SMILES string of the molecule is CC(c1cccc(Cl)c1)N(C)c1cc(Cl)ccc1CO. The van der Waals surface area contributed by atoms with E-state index in [9.17, 15) is 5.11 Å². The van der Waals surface area contributed by atoms with Crippen molar-refractivity contribution < 1.29 is 5.11 Å². The van der Waals surface area contributed by atoms with Crippen LogP contribution in [0.25, 0.3) is 0 Å². The summed E-state index contributed by atoms with van der Waals surface area (Å²) in [6, 6.07) is 13.4. The van der Waals surface area contributed by atoms with Crippen molar-refractivity contribution in [3.8, 4) is 0 Å². The van der Waals surface area contributed by atoms with Gasteiger partial charge in [-0.05, 0) is 36.8 Å². The van der Waals surface area contributed by atoms with Crippen molar-refractivity contribution in [2.24, 2.45) is 0 Å². The summed E-state index contributed by atoms with van der Waals surface area (Å²) in [5.74, 6) is 0. The topological polar surface area (TPSA) is 23.5 Å².